The summed E-state index contributed by atoms with van der Waals surface area (Å²) in [6.45, 7) is 5.90. The first-order valence-corrected chi connectivity index (χ1v) is 8.96. The molecule has 2 aromatic heterocycles. The van der Waals surface area contributed by atoms with E-state index in [4.69, 9.17) is 0 Å². The van der Waals surface area contributed by atoms with Crippen LogP contribution in [0.5, 0.6) is 0 Å². The molecular weight excluding hydrogens is 337 g/mol. The van der Waals surface area contributed by atoms with Crippen molar-refractivity contribution in [3.8, 4) is 5.13 Å². The first-order valence-electron chi connectivity index (χ1n) is 8.08. The molecule has 1 N–H and O–H groups in total. The van der Waals surface area contributed by atoms with Crippen LogP contribution in [0.4, 0.5) is 4.39 Å². The van der Waals surface area contributed by atoms with Crippen molar-refractivity contribution in [2.75, 3.05) is 0 Å². The number of hydrogen-bond donors (Lipinski definition) is 1. The molecule has 6 heteroatoms. The van der Waals surface area contributed by atoms with Crippen LogP contribution in [-0.2, 0) is 11.2 Å². The number of aryl methyl sites for hydroxylation is 2. The molecule has 0 aliphatic rings. The molecule has 2 heterocycles. The fourth-order valence-corrected chi connectivity index (χ4v) is 3.71. The Labute approximate surface area is 150 Å². The average Bonchev–Trinajstić information content (AvgIpc) is 3.13. The highest BCUT2D eigenvalue weighted by Gasteiger charge is 2.14. The third-order valence-electron chi connectivity index (χ3n) is 4.07. The second kappa shape index (κ2) is 7.19. The highest BCUT2D eigenvalue weighted by Crippen LogP contribution is 2.21. The fourth-order valence-electron chi connectivity index (χ4n) is 2.77. The first kappa shape index (κ1) is 17.4. The third-order valence-corrected chi connectivity index (χ3v) is 4.94. The molecule has 0 saturated heterocycles. The standard InChI is InChI=1S/C19H20FN3OS/c1-12-7-8-13(2)23(12)19-22-17(11-25-19)10-18(24)21-14(3)15-5-4-6-16(20)9-15/h4-9,11,14H,10H2,1-3H3,(H,21,24)/t14-/m1/s1. The van der Waals surface area contributed by atoms with E-state index in [1.54, 1.807) is 12.1 Å². The maximum Gasteiger partial charge on any atom is 0.226 e. The topological polar surface area (TPSA) is 46.9 Å². The Balaban J connectivity index is 1.66. The van der Waals surface area contributed by atoms with E-state index in [9.17, 15) is 9.18 Å². The number of nitrogens with one attached hydrogen (secondary N) is 1. The number of carbonyl (C=O) groups is 1. The number of amides is 1. The van der Waals surface area contributed by atoms with Gasteiger partial charge in [-0.25, -0.2) is 9.37 Å². The average molecular weight is 357 g/mol. The van der Waals surface area contributed by atoms with E-state index in [1.807, 2.05) is 38.3 Å². The second-order valence-electron chi connectivity index (χ2n) is 6.09. The molecule has 0 unspecified atom stereocenters. The van der Waals surface area contributed by atoms with Gasteiger partial charge in [0.2, 0.25) is 5.91 Å². The maximum absolute atomic E-state index is 13.3. The Morgan fingerprint density at radius 1 is 1.28 bits per heavy atom. The number of rotatable bonds is 5. The molecule has 0 saturated carbocycles. The predicted octanol–water partition coefficient (Wildman–Crippen LogP) is 4.11. The smallest absolute Gasteiger partial charge is 0.226 e. The molecule has 0 aliphatic heterocycles. The number of thiazole rings is 1. The summed E-state index contributed by atoms with van der Waals surface area (Å²) in [4.78, 5) is 16.8. The minimum atomic E-state index is -0.305. The zero-order chi connectivity index (χ0) is 18.0. The van der Waals surface area contributed by atoms with Gasteiger partial charge >= 0.3 is 0 Å². The van der Waals surface area contributed by atoms with Crippen LogP contribution < -0.4 is 5.32 Å². The van der Waals surface area contributed by atoms with E-state index in [-0.39, 0.29) is 24.2 Å². The van der Waals surface area contributed by atoms with Gasteiger partial charge in [-0.05, 0) is 50.6 Å². The van der Waals surface area contributed by atoms with E-state index < -0.39 is 0 Å². The number of halogens is 1. The molecule has 0 bridgehead atoms. The van der Waals surface area contributed by atoms with Crippen LogP contribution in [0, 0.1) is 19.7 Å². The summed E-state index contributed by atoms with van der Waals surface area (Å²) in [6, 6.07) is 10.1. The summed E-state index contributed by atoms with van der Waals surface area (Å²) in [6.07, 6.45) is 0.204. The Bertz CT molecular complexity index is 880. The van der Waals surface area contributed by atoms with Gasteiger partial charge in [-0.15, -0.1) is 11.3 Å². The largest absolute Gasteiger partial charge is 0.349 e. The van der Waals surface area contributed by atoms with E-state index in [1.165, 1.54) is 23.5 Å². The summed E-state index contributed by atoms with van der Waals surface area (Å²) in [5.41, 5.74) is 3.70. The molecule has 0 radical (unpaired) electrons. The van der Waals surface area contributed by atoms with Crippen molar-refractivity contribution in [2.24, 2.45) is 0 Å². The van der Waals surface area contributed by atoms with Crippen molar-refractivity contribution in [1.29, 1.82) is 0 Å². The van der Waals surface area contributed by atoms with E-state index in [0.717, 1.165) is 27.8 Å². The number of benzene rings is 1. The van der Waals surface area contributed by atoms with Crippen LogP contribution in [0.15, 0.2) is 41.8 Å². The van der Waals surface area contributed by atoms with Crippen LogP contribution in [0.1, 0.15) is 35.6 Å². The highest BCUT2D eigenvalue weighted by atomic mass is 32.1. The Morgan fingerprint density at radius 2 is 2.00 bits per heavy atom. The Kier molecular flexibility index (Phi) is 4.99. The number of nitrogens with zero attached hydrogens (tertiary/aromatic N) is 2. The quantitative estimate of drug-likeness (QED) is 0.747. The van der Waals surface area contributed by atoms with Crippen molar-refractivity contribution in [3.63, 3.8) is 0 Å². The van der Waals surface area contributed by atoms with E-state index in [2.05, 4.69) is 14.9 Å². The molecule has 1 atom stereocenters. The summed E-state index contributed by atoms with van der Waals surface area (Å²) < 4.78 is 15.4. The van der Waals surface area contributed by atoms with Crippen molar-refractivity contribution < 1.29 is 9.18 Å². The highest BCUT2D eigenvalue weighted by molar-refractivity contribution is 7.12. The van der Waals surface area contributed by atoms with Gasteiger partial charge in [-0.2, -0.15) is 0 Å². The lowest BCUT2D eigenvalue weighted by Gasteiger charge is -2.14. The van der Waals surface area contributed by atoms with Gasteiger partial charge in [0.25, 0.3) is 0 Å². The van der Waals surface area contributed by atoms with Crippen molar-refractivity contribution in [1.82, 2.24) is 14.9 Å². The third kappa shape index (κ3) is 3.96. The number of aromatic nitrogens is 2. The molecule has 0 fully saturated rings. The minimum absolute atomic E-state index is 0.130. The van der Waals surface area contributed by atoms with Crippen molar-refractivity contribution in [3.05, 3.63) is 70.2 Å². The van der Waals surface area contributed by atoms with Crippen LogP contribution in [0.3, 0.4) is 0 Å². The molecule has 4 nitrogen and oxygen atoms in total. The van der Waals surface area contributed by atoms with Crippen LogP contribution in [0.25, 0.3) is 5.13 Å². The molecular formula is C19H20FN3OS. The first-order chi connectivity index (χ1) is 11.9. The predicted molar refractivity (Wildman–Crippen MR) is 97.6 cm³/mol. The van der Waals surface area contributed by atoms with Crippen LogP contribution >= 0.6 is 11.3 Å². The van der Waals surface area contributed by atoms with E-state index >= 15 is 0 Å². The Morgan fingerprint density at radius 3 is 2.68 bits per heavy atom. The molecule has 1 aromatic carbocycles. The van der Waals surface area contributed by atoms with Gasteiger partial charge in [0, 0.05) is 16.8 Å². The van der Waals surface area contributed by atoms with Crippen LogP contribution in [0.2, 0.25) is 0 Å². The summed E-state index contributed by atoms with van der Waals surface area (Å²) in [5.74, 6) is -0.435. The van der Waals surface area contributed by atoms with Gasteiger partial charge in [-0.1, -0.05) is 12.1 Å². The lowest BCUT2D eigenvalue weighted by atomic mass is 10.1. The number of carbonyl (C=O) groups excluding carboxylic acids is 1. The molecule has 3 rings (SSSR count). The molecule has 0 aliphatic carbocycles. The van der Waals surface area contributed by atoms with Gasteiger partial charge in [0.05, 0.1) is 18.2 Å². The molecule has 0 spiro atoms. The SMILES string of the molecule is Cc1ccc(C)n1-c1nc(CC(=O)N[C@H](C)c2cccc(F)c2)cs1. The van der Waals surface area contributed by atoms with Crippen molar-refractivity contribution in [2.45, 2.75) is 33.2 Å². The lowest BCUT2D eigenvalue weighted by Crippen LogP contribution is -2.28. The minimum Gasteiger partial charge on any atom is -0.349 e. The lowest BCUT2D eigenvalue weighted by molar-refractivity contribution is -0.121. The maximum atomic E-state index is 13.3. The molecule has 130 valence electrons. The van der Waals surface area contributed by atoms with Gasteiger partial charge in [0.15, 0.2) is 5.13 Å². The van der Waals surface area contributed by atoms with Gasteiger partial charge in [-0.3, -0.25) is 9.36 Å². The van der Waals surface area contributed by atoms with E-state index in [0.29, 0.717) is 0 Å². The zero-order valence-electron chi connectivity index (χ0n) is 14.4. The zero-order valence-corrected chi connectivity index (χ0v) is 15.2. The molecule has 3 aromatic rings. The monoisotopic (exact) mass is 357 g/mol. The summed E-state index contributed by atoms with van der Waals surface area (Å²) in [7, 11) is 0. The van der Waals surface area contributed by atoms with Gasteiger partial charge < -0.3 is 5.32 Å². The number of hydrogen-bond acceptors (Lipinski definition) is 3. The van der Waals surface area contributed by atoms with Gasteiger partial charge in [0.1, 0.15) is 5.82 Å². The van der Waals surface area contributed by atoms with Crippen LogP contribution in [-0.4, -0.2) is 15.5 Å². The summed E-state index contributed by atoms with van der Waals surface area (Å²) >= 11 is 1.52. The Hall–Kier alpha value is -2.47. The normalized spacial score (nSPS) is 12.2. The van der Waals surface area contributed by atoms with Crippen molar-refractivity contribution >= 4 is 17.2 Å². The fraction of sp³-hybridized carbons (Fsp3) is 0.263. The second-order valence-corrected chi connectivity index (χ2v) is 6.93. The summed E-state index contributed by atoms with van der Waals surface area (Å²) in [5, 5.41) is 5.66. The molecule has 25 heavy (non-hydrogen) atoms. The molecule has 1 amide bonds.